The maximum atomic E-state index is 10.4. The molecule has 5 heteroatoms. The van der Waals surface area contributed by atoms with Crippen molar-refractivity contribution in [3.05, 3.63) is 17.6 Å². The lowest BCUT2D eigenvalue weighted by molar-refractivity contribution is -0.137. The zero-order valence-electron chi connectivity index (χ0n) is 10.5. The zero-order chi connectivity index (χ0) is 12.8. The van der Waals surface area contributed by atoms with Gasteiger partial charge in [-0.2, -0.15) is 0 Å². The van der Waals surface area contributed by atoms with Gasteiger partial charge in [-0.15, -0.1) is 0 Å². The minimum Gasteiger partial charge on any atom is -0.481 e. The molecule has 0 spiro atoms. The van der Waals surface area contributed by atoms with E-state index in [1.807, 2.05) is 26.8 Å². The summed E-state index contributed by atoms with van der Waals surface area (Å²) in [5, 5.41) is 11.6. The Kier molecular flexibility index (Phi) is 4.87. The molecule has 1 rings (SSSR count). The first-order valence-electron chi connectivity index (χ1n) is 5.80. The smallest absolute Gasteiger partial charge is 0.303 e. The van der Waals surface area contributed by atoms with Crippen LogP contribution in [0, 0.1) is 6.92 Å². The van der Waals surface area contributed by atoms with Crippen LogP contribution in [0.25, 0.3) is 0 Å². The summed E-state index contributed by atoms with van der Waals surface area (Å²) in [4.78, 5) is 19.1. The highest BCUT2D eigenvalue weighted by Gasteiger charge is 2.05. The molecule has 0 aliphatic rings. The molecule has 0 radical (unpaired) electrons. The lowest BCUT2D eigenvalue weighted by Crippen LogP contribution is -2.09. The van der Waals surface area contributed by atoms with Gasteiger partial charge in [-0.05, 0) is 13.3 Å². The van der Waals surface area contributed by atoms with Crippen molar-refractivity contribution >= 4 is 11.8 Å². The number of hydrogen-bond acceptors (Lipinski definition) is 4. The third-order valence-electron chi connectivity index (χ3n) is 2.26. The van der Waals surface area contributed by atoms with Crippen LogP contribution in [-0.4, -0.2) is 27.6 Å². The number of carbonyl (C=O) groups is 1. The molecule has 1 heterocycles. The molecule has 0 unspecified atom stereocenters. The molecular formula is C12H19N3O2. The standard InChI is InChI=1S/C12H19N3O2/c1-8(2)12-14-9(3)7-10(15-12)13-6-4-5-11(16)17/h7-8H,4-6H2,1-3H3,(H,16,17)(H,13,14,15). The molecular weight excluding hydrogens is 218 g/mol. The second-order valence-corrected chi connectivity index (χ2v) is 4.33. The van der Waals surface area contributed by atoms with Gasteiger partial charge in [0.15, 0.2) is 0 Å². The van der Waals surface area contributed by atoms with E-state index in [1.54, 1.807) is 0 Å². The van der Waals surface area contributed by atoms with Crippen LogP contribution in [0.15, 0.2) is 6.07 Å². The van der Waals surface area contributed by atoms with Crippen molar-refractivity contribution in [3.63, 3.8) is 0 Å². The van der Waals surface area contributed by atoms with Crippen LogP contribution in [0.1, 0.15) is 44.1 Å². The summed E-state index contributed by atoms with van der Waals surface area (Å²) in [5.41, 5.74) is 0.921. The van der Waals surface area contributed by atoms with Crippen LogP contribution in [0.3, 0.4) is 0 Å². The maximum Gasteiger partial charge on any atom is 0.303 e. The highest BCUT2D eigenvalue weighted by Crippen LogP contribution is 2.13. The van der Waals surface area contributed by atoms with E-state index in [-0.39, 0.29) is 12.3 Å². The number of carboxylic acids is 1. The van der Waals surface area contributed by atoms with Gasteiger partial charge in [-0.3, -0.25) is 4.79 Å². The lowest BCUT2D eigenvalue weighted by atomic mass is 10.2. The highest BCUT2D eigenvalue weighted by atomic mass is 16.4. The molecule has 2 N–H and O–H groups in total. The Labute approximate surface area is 101 Å². The van der Waals surface area contributed by atoms with E-state index in [1.165, 1.54) is 0 Å². The van der Waals surface area contributed by atoms with Crippen molar-refractivity contribution in [3.8, 4) is 0 Å². The van der Waals surface area contributed by atoms with E-state index in [0.717, 1.165) is 17.3 Å². The Morgan fingerprint density at radius 1 is 1.47 bits per heavy atom. The van der Waals surface area contributed by atoms with Gasteiger partial charge in [0.05, 0.1) is 0 Å². The molecule has 1 aromatic rings. The van der Waals surface area contributed by atoms with Gasteiger partial charge in [-0.25, -0.2) is 9.97 Å². The fourth-order valence-corrected chi connectivity index (χ4v) is 1.40. The SMILES string of the molecule is Cc1cc(NCCCC(=O)O)nc(C(C)C)n1. The molecule has 0 aliphatic heterocycles. The number of nitrogens with one attached hydrogen (secondary N) is 1. The number of aryl methyl sites for hydroxylation is 1. The minimum absolute atomic E-state index is 0.175. The Hall–Kier alpha value is -1.65. The Balaban J connectivity index is 2.55. The van der Waals surface area contributed by atoms with Crippen LogP contribution in [0.2, 0.25) is 0 Å². The Morgan fingerprint density at radius 3 is 2.76 bits per heavy atom. The van der Waals surface area contributed by atoms with E-state index in [9.17, 15) is 4.79 Å². The maximum absolute atomic E-state index is 10.4. The largest absolute Gasteiger partial charge is 0.481 e. The number of aromatic nitrogens is 2. The van der Waals surface area contributed by atoms with Crippen LogP contribution in [0.5, 0.6) is 0 Å². The van der Waals surface area contributed by atoms with E-state index in [4.69, 9.17) is 5.11 Å². The molecule has 17 heavy (non-hydrogen) atoms. The second kappa shape index (κ2) is 6.18. The van der Waals surface area contributed by atoms with Crippen molar-refractivity contribution in [1.29, 1.82) is 0 Å². The number of anilines is 1. The first-order valence-corrected chi connectivity index (χ1v) is 5.80. The predicted molar refractivity (Wildman–Crippen MR) is 66.2 cm³/mol. The fourth-order valence-electron chi connectivity index (χ4n) is 1.40. The first kappa shape index (κ1) is 13.4. The van der Waals surface area contributed by atoms with Crippen molar-refractivity contribution in [1.82, 2.24) is 9.97 Å². The number of hydrogen-bond donors (Lipinski definition) is 2. The van der Waals surface area contributed by atoms with E-state index >= 15 is 0 Å². The van der Waals surface area contributed by atoms with Crippen LogP contribution >= 0.6 is 0 Å². The summed E-state index contributed by atoms with van der Waals surface area (Å²) < 4.78 is 0. The number of nitrogens with zero attached hydrogens (tertiary/aromatic N) is 2. The molecule has 0 saturated heterocycles. The van der Waals surface area contributed by atoms with Crippen LogP contribution in [-0.2, 0) is 4.79 Å². The molecule has 0 amide bonds. The molecule has 0 fully saturated rings. The minimum atomic E-state index is -0.770. The van der Waals surface area contributed by atoms with Gasteiger partial charge in [0.2, 0.25) is 0 Å². The molecule has 0 saturated carbocycles. The molecule has 0 aromatic carbocycles. The monoisotopic (exact) mass is 237 g/mol. The number of carboxylic acid groups (broad SMARTS) is 1. The van der Waals surface area contributed by atoms with E-state index < -0.39 is 5.97 Å². The first-order chi connectivity index (χ1) is 7.99. The van der Waals surface area contributed by atoms with Gasteiger partial charge in [0, 0.05) is 30.6 Å². The molecule has 0 bridgehead atoms. The van der Waals surface area contributed by atoms with Crippen LogP contribution < -0.4 is 5.32 Å². The normalized spacial score (nSPS) is 10.6. The summed E-state index contributed by atoms with van der Waals surface area (Å²) in [6.45, 7) is 6.63. The van der Waals surface area contributed by atoms with Crippen molar-refractivity contribution in [2.24, 2.45) is 0 Å². The average molecular weight is 237 g/mol. The van der Waals surface area contributed by atoms with Gasteiger partial charge in [0.1, 0.15) is 11.6 Å². The van der Waals surface area contributed by atoms with Crippen molar-refractivity contribution in [2.75, 3.05) is 11.9 Å². The Morgan fingerprint density at radius 2 is 2.18 bits per heavy atom. The number of aliphatic carboxylic acids is 1. The Bertz CT molecular complexity index is 391. The summed E-state index contributed by atoms with van der Waals surface area (Å²) in [6, 6.07) is 1.87. The zero-order valence-corrected chi connectivity index (χ0v) is 10.5. The highest BCUT2D eigenvalue weighted by molar-refractivity contribution is 5.66. The van der Waals surface area contributed by atoms with E-state index in [2.05, 4.69) is 15.3 Å². The third-order valence-corrected chi connectivity index (χ3v) is 2.26. The summed E-state index contributed by atoms with van der Waals surface area (Å²) >= 11 is 0. The van der Waals surface area contributed by atoms with Gasteiger partial charge < -0.3 is 10.4 Å². The van der Waals surface area contributed by atoms with E-state index in [0.29, 0.717) is 13.0 Å². The van der Waals surface area contributed by atoms with Crippen molar-refractivity contribution < 1.29 is 9.90 Å². The summed E-state index contributed by atoms with van der Waals surface area (Å²) in [5.74, 6) is 1.10. The second-order valence-electron chi connectivity index (χ2n) is 4.33. The van der Waals surface area contributed by atoms with Crippen LogP contribution in [0.4, 0.5) is 5.82 Å². The molecule has 1 aromatic heterocycles. The average Bonchev–Trinajstić information content (AvgIpc) is 2.23. The predicted octanol–water partition coefficient (Wildman–Crippen LogP) is 2.19. The van der Waals surface area contributed by atoms with Gasteiger partial charge >= 0.3 is 5.97 Å². The van der Waals surface area contributed by atoms with Crippen molar-refractivity contribution in [2.45, 2.75) is 39.5 Å². The molecule has 5 nitrogen and oxygen atoms in total. The topological polar surface area (TPSA) is 75.1 Å². The number of rotatable bonds is 6. The summed E-state index contributed by atoms with van der Waals surface area (Å²) in [6.07, 6.45) is 0.767. The lowest BCUT2D eigenvalue weighted by Gasteiger charge is -2.09. The molecule has 0 aliphatic carbocycles. The summed E-state index contributed by atoms with van der Waals surface area (Å²) in [7, 11) is 0. The molecule has 94 valence electrons. The quantitative estimate of drug-likeness (QED) is 0.742. The van der Waals surface area contributed by atoms with Gasteiger partial charge in [0.25, 0.3) is 0 Å². The fraction of sp³-hybridized carbons (Fsp3) is 0.583. The molecule has 0 atom stereocenters. The van der Waals surface area contributed by atoms with Gasteiger partial charge in [-0.1, -0.05) is 13.8 Å². The third kappa shape index (κ3) is 4.80.